The lowest BCUT2D eigenvalue weighted by atomic mass is 9.48. The molecule has 5 rings (SSSR count). The second-order valence-electron chi connectivity index (χ2n) is 11.7. The zero-order valence-corrected chi connectivity index (χ0v) is 22.3. The van der Waals surface area contributed by atoms with Crippen LogP contribution in [0.5, 0.6) is 5.88 Å². The Bertz CT molecular complexity index is 1050. The summed E-state index contributed by atoms with van der Waals surface area (Å²) in [6.45, 7) is 7.76. The molecule has 4 saturated carbocycles. The van der Waals surface area contributed by atoms with E-state index in [-0.39, 0.29) is 23.5 Å². The molecule has 0 saturated heterocycles. The number of hydrogen-bond acceptors (Lipinski definition) is 7. The number of hydrogen-bond donors (Lipinski definition) is 3. The molecule has 2 atom stereocenters. The van der Waals surface area contributed by atoms with E-state index in [0.29, 0.717) is 35.8 Å². The molecule has 4 aliphatic carbocycles. The SMILES string of the molecule is COC(=O)NC(C)(C)C=Cn1ncc(C(=O)NC2C3CC4CC2CC(COC(N)=O)(C4)C3)c1OC(C)C. The van der Waals surface area contributed by atoms with E-state index in [1.54, 1.807) is 12.3 Å². The first-order valence-corrected chi connectivity index (χ1v) is 12.9. The topological polar surface area (TPSA) is 147 Å². The predicted molar refractivity (Wildman–Crippen MR) is 136 cm³/mol. The third kappa shape index (κ3) is 6.02. The summed E-state index contributed by atoms with van der Waals surface area (Å²) in [5, 5.41) is 10.4. The monoisotopic (exact) mass is 517 g/mol. The van der Waals surface area contributed by atoms with Gasteiger partial charge in [-0.25, -0.2) is 14.3 Å². The Morgan fingerprint density at radius 1 is 1.24 bits per heavy atom. The number of nitrogens with zero attached hydrogens (tertiary/aromatic N) is 2. The summed E-state index contributed by atoms with van der Waals surface area (Å²) in [6, 6.07) is 0.0553. The summed E-state index contributed by atoms with van der Waals surface area (Å²) < 4.78 is 17.4. The molecular formula is C26H39N5O6. The van der Waals surface area contributed by atoms with Crippen molar-refractivity contribution in [2.45, 2.75) is 77.5 Å². The Labute approximate surface area is 217 Å². The van der Waals surface area contributed by atoms with E-state index >= 15 is 0 Å². The predicted octanol–water partition coefficient (Wildman–Crippen LogP) is 3.30. The van der Waals surface area contributed by atoms with Crippen molar-refractivity contribution in [3.05, 3.63) is 17.8 Å². The summed E-state index contributed by atoms with van der Waals surface area (Å²) in [5.41, 5.74) is 4.85. The number of aromatic nitrogens is 2. The van der Waals surface area contributed by atoms with Gasteiger partial charge in [-0.2, -0.15) is 5.10 Å². The molecule has 0 aromatic carbocycles. The van der Waals surface area contributed by atoms with Gasteiger partial charge in [-0.15, -0.1) is 0 Å². The van der Waals surface area contributed by atoms with Gasteiger partial charge >= 0.3 is 12.2 Å². The Balaban J connectivity index is 1.49. The van der Waals surface area contributed by atoms with E-state index in [0.717, 1.165) is 32.1 Å². The Morgan fingerprint density at radius 2 is 1.92 bits per heavy atom. The minimum absolute atomic E-state index is 0.0284. The highest BCUT2D eigenvalue weighted by Crippen LogP contribution is 2.60. The largest absolute Gasteiger partial charge is 0.474 e. The van der Waals surface area contributed by atoms with E-state index < -0.39 is 17.7 Å². The quantitative estimate of drug-likeness (QED) is 0.455. The van der Waals surface area contributed by atoms with Crippen LogP contribution in [-0.4, -0.2) is 59.3 Å². The maximum absolute atomic E-state index is 13.5. The molecule has 11 nitrogen and oxygen atoms in total. The first-order chi connectivity index (χ1) is 17.4. The molecule has 37 heavy (non-hydrogen) atoms. The highest BCUT2D eigenvalue weighted by Gasteiger charge is 2.56. The summed E-state index contributed by atoms with van der Waals surface area (Å²) >= 11 is 0. The van der Waals surface area contributed by atoms with E-state index in [2.05, 4.69) is 20.5 Å². The van der Waals surface area contributed by atoms with Crippen molar-refractivity contribution in [1.29, 1.82) is 0 Å². The standard InChI is InChI=1S/C26H39N5O6/c1-15(2)37-22-19(13-28-31(22)7-6-25(3,4)30-24(34)35-5)21(32)29-20-17-8-16-9-18(20)12-26(10-16,11-17)14-36-23(27)33/h6-7,13,15-18,20H,8-12,14H2,1-5H3,(H2,27,33)(H,29,32)(H,30,34). The average Bonchev–Trinajstić information content (AvgIpc) is 3.20. The first-order valence-electron chi connectivity index (χ1n) is 12.9. The number of rotatable bonds is 9. The van der Waals surface area contributed by atoms with Gasteiger partial charge in [0.1, 0.15) is 5.56 Å². The number of carbonyl (C=O) groups is 3. The van der Waals surface area contributed by atoms with Gasteiger partial charge in [-0.3, -0.25) is 4.79 Å². The van der Waals surface area contributed by atoms with Crippen LogP contribution in [0.15, 0.2) is 12.3 Å². The maximum Gasteiger partial charge on any atom is 0.407 e. The number of carbonyl (C=O) groups excluding carboxylic acids is 3. The van der Waals surface area contributed by atoms with Crippen LogP contribution < -0.4 is 21.1 Å². The lowest BCUT2D eigenvalue weighted by Gasteiger charge is -2.59. The second kappa shape index (κ2) is 10.3. The Hall–Kier alpha value is -3.24. The van der Waals surface area contributed by atoms with Gasteiger partial charge in [0.2, 0.25) is 5.88 Å². The minimum atomic E-state index is -0.728. The van der Waals surface area contributed by atoms with E-state index in [9.17, 15) is 14.4 Å². The van der Waals surface area contributed by atoms with Gasteiger partial charge in [0.25, 0.3) is 5.91 Å². The molecule has 2 unspecified atom stereocenters. The smallest absolute Gasteiger partial charge is 0.407 e. The van der Waals surface area contributed by atoms with Crippen molar-refractivity contribution in [2.24, 2.45) is 28.9 Å². The number of nitrogens with one attached hydrogen (secondary N) is 2. The molecular weight excluding hydrogens is 478 g/mol. The number of ether oxygens (including phenoxy) is 3. The second-order valence-corrected chi connectivity index (χ2v) is 11.7. The number of methoxy groups -OCH3 is 1. The Morgan fingerprint density at radius 3 is 2.51 bits per heavy atom. The summed E-state index contributed by atoms with van der Waals surface area (Å²) in [6.07, 6.45) is 8.49. The van der Waals surface area contributed by atoms with Crippen molar-refractivity contribution >= 4 is 24.3 Å². The molecule has 4 bridgehead atoms. The molecule has 4 N–H and O–H groups in total. The minimum Gasteiger partial charge on any atom is -0.474 e. The molecule has 4 fully saturated rings. The molecule has 0 radical (unpaired) electrons. The van der Waals surface area contributed by atoms with Crippen LogP contribution in [-0.2, 0) is 9.47 Å². The van der Waals surface area contributed by atoms with Gasteiger partial charge in [-0.05, 0) is 83.6 Å². The van der Waals surface area contributed by atoms with E-state index in [1.165, 1.54) is 18.0 Å². The van der Waals surface area contributed by atoms with Crippen LogP contribution in [0.25, 0.3) is 6.20 Å². The van der Waals surface area contributed by atoms with Crippen molar-refractivity contribution in [3.63, 3.8) is 0 Å². The molecule has 1 aromatic heterocycles. The molecule has 1 heterocycles. The van der Waals surface area contributed by atoms with Gasteiger partial charge in [0, 0.05) is 17.7 Å². The first kappa shape index (κ1) is 26.8. The number of amides is 3. The van der Waals surface area contributed by atoms with Gasteiger partial charge < -0.3 is 30.6 Å². The van der Waals surface area contributed by atoms with Crippen LogP contribution in [0.4, 0.5) is 9.59 Å². The van der Waals surface area contributed by atoms with Crippen LogP contribution >= 0.6 is 0 Å². The fourth-order valence-electron chi connectivity index (χ4n) is 6.62. The zero-order chi connectivity index (χ0) is 27.0. The number of primary amides is 1. The van der Waals surface area contributed by atoms with Crippen molar-refractivity contribution in [3.8, 4) is 5.88 Å². The molecule has 0 spiro atoms. The van der Waals surface area contributed by atoms with Crippen LogP contribution in [0.2, 0.25) is 0 Å². The molecule has 1 aromatic rings. The number of nitrogens with two attached hydrogens (primary N) is 1. The maximum atomic E-state index is 13.5. The fourth-order valence-corrected chi connectivity index (χ4v) is 6.62. The highest BCUT2D eigenvalue weighted by atomic mass is 16.5. The van der Waals surface area contributed by atoms with Gasteiger partial charge in [0.15, 0.2) is 0 Å². The van der Waals surface area contributed by atoms with Crippen molar-refractivity contribution in [1.82, 2.24) is 20.4 Å². The Kier molecular flexibility index (Phi) is 7.43. The van der Waals surface area contributed by atoms with Gasteiger partial charge in [-0.1, -0.05) is 0 Å². The third-order valence-corrected chi connectivity index (χ3v) is 7.80. The molecule has 0 aliphatic heterocycles. The summed E-state index contributed by atoms with van der Waals surface area (Å²) in [4.78, 5) is 36.4. The fraction of sp³-hybridized carbons (Fsp3) is 0.692. The van der Waals surface area contributed by atoms with Crippen LogP contribution in [0.1, 0.15) is 70.2 Å². The van der Waals surface area contributed by atoms with Crippen LogP contribution in [0.3, 0.4) is 0 Å². The normalized spacial score (nSPS) is 28.4. The molecule has 204 valence electrons. The average molecular weight is 518 g/mol. The van der Waals surface area contributed by atoms with Crippen molar-refractivity contribution < 1.29 is 28.6 Å². The third-order valence-electron chi connectivity index (χ3n) is 7.80. The lowest BCUT2D eigenvalue weighted by molar-refractivity contribution is -0.0977. The molecule has 4 aliphatic rings. The summed E-state index contributed by atoms with van der Waals surface area (Å²) in [7, 11) is 1.31. The molecule has 11 heteroatoms. The van der Waals surface area contributed by atoms with Gasteiger partial charge in [0.05, 0.1) is 31.6 Å². The lowest BCUT2D eigenvalue weighted by Crippen LogP contribution is -2.60. The van der Waals surface area contributed by atoms with Crippen molar-refractivity contribution in [2.75, 3.05) is 13.7 Å². The van der Waals surface area contributed by atoms with E-state index in [1.807, 2.05) is 27.7 Å². The number of alkyl carbamates (subject to hydrolysis) is 1. The van der Waals surface area contributed by atoms with Crippen LogP contribution in [0, 0.1) is 23.2 Å². The van der Waals surface area contributed by atoms with E-state index in [4.69, 9.17) is 15.2 Å². The zero-order valence-electron chi connectivity index (χ0n) is 22.3. The molecule has 3 amide bonds. The highest BCUT2D eigenvalue weighted by molar-refractivity contribution is 5.96. The summed E-state index contributed by atoms with van der Waals surface area (Å²) in [5.74, 6) is 1.38.